The van der Waals surface area contributed by atoms with Crippen LogP contribution in [0, 0.1) is 24.0 Å². The van der Waals surface area contributed by atoms with Crippen LogP contribution in [0.3, 0.4) is 0 Å². The maximum absolute atomic E-state index is 11.1. The van der Waals surface area contributed by atoms with E-state index >= 15 is 0 Å². The van der Waals surface area contributed by atoms with Gasteiger partial charge >= 0.3 is 0 Å². The van der Waals surface area contributed by atoms with Gasteiger partial charge in [-0.1, -0.05) is 44.5 Å². The van der Waals surface area contributed by atoms with E-state index in [1.165, 1.54) is 17.7 Å². The van der Waals surface area contributed by atoms with Crippen LogP contribution in [0.25, 0.3) is 5.69 Å². The molecule has 0 fully saturated rings. The Bertz CT molecular complexity index is 1090. The van der Waals surface area contributed by atoms with Crippen LogP contribution < -0.4 is 0 Å². The van der Waals surface area contributed by atoms with E-state index in [1.54, 1.807) is 12.3 Å². The molecule has 6 heteroatoms. The van der Waals surface area contributed by atoms with Gasteiger partial charge in [-0.3, -0.25) is 15.1 Å². The summed E-state index contributed by atoms with van der Waals surface area (Å²) in [4.78, 5) is 15.0. The third-order valence-corrected chi connectivity index (χ3v) is 5.26. The van der Waals surface area contributed by atoms with Crippen LogP contribution in [0.2, 0.25) is 5.02 Å². The highest BCUT2D eigenvalue weighted by Gasteiger charge is 2.15. The molecule has 0 spiro atoms. The summed E-state index contributed by atoms with van der Waals surface area (Å²) in [5, 5.41) is 11.2. The van der Waals surface area contributed by atoms with E-state index in [9.17, 15) is 10.1 Å². The zero-order valence-corrected chi connectivity index (χ0v) is 18.0. The highest BCUT2D eigenvalue weighted by molar-refractivity contribution is 6.32. The van der Waals surface area contributed by atoms with Crippen molar-refractivity contribution >= 4 is 29.2 Å². The Morgan fingerprint density at radius 3 is 2.31 bits per heavy atom. The lowest BCUT2D eigenvalue weighted by Gasteiger charge is -2.20. The average molecular weight is 410 g/mol. The van der Waals surface area contributed by atoms with Gasteiger partial charge in [0.05, 0.1) is 10.6 Å². The van der Waals surface area contributed by atoms with Crippen LogP contribution in [0.5, 0.6) is 0 Å². The van der Waals surface area contributed by atoms with Crippen LogP contribution in [-0.4, -0.2) is 15.7 Å². The van der Waals surface area contributed by atoms with Crippen LogP contribution in [0.1, 0.15) is 43.3 Å². The Morgan fingerprint density at radius 1 is 1.07 bits per heavy atom. The maximum atomic E-state index is 11.1. The number of aliphatic imine (C=N–C) groups is 1. The fraction of sp³-hybridized carbons (Fsp3) is 0.261. The van der Waals surface area contributed by atoms with Gasteiger partial charge in [0.25, 0.3) is 5.69 Å². The standard InChI is InChI=1S/C23H24ClN3O2/c1-15-12-17(14-25-19-8-11-21(24)22(13-19)27(28)29)16(2)26(15)20-9-6-18(7-10-20)23(3,4)5/h6-14H,1-5H3. The maximum Gasteiger partial charge on any atom is 0.290 e. The Labute approximate surface area is 175 Å². The zero-order valence-electron chi connectivity index (χ0n) is 17.2. The van der Waals surface area contributed by atoms with Crippen molar-refractivity contribution in [3.05, 3.63) is 86.2 Å². The van der Waals surface area contributed by atoms with Crippen molar-refractivity contribution in [2.45, 2.75) is 40.0 Å². The lowest BCUT2D eigenvalue weighted by Crippen LogP contribution is -2.11. The molecule has 0 saturated carbocycles. The summed E-state index contributed by atoms with van der Waals surface area (Å²) in [5.74, 6) is 0. The molecule has 3 rings (SSSR count). The van der Waals surface area contributed by atoms with E-state index in [2.05, 4.69) is 67.6 Å². The first-order chi connectivity index (χ1) is 13.6. The molecular formula is C23H24ClN3O2. The largest absolute Gasteiger partial charge is 0.318 e. The highest BCUT2D eigenvalue weighted by Crippen LogP contribution is 2.29. The first kappa shape index (κ1) is 20.8. The smallest absolute Gasteiger partial charge is 0.290 e. The van der Waals surface area contributed by atoms with E-state index in [0.717, 1.165) is 22.6 Å². The monoisotopic (exact) mass is 409 g/mol. The van der Waals surface area contributed by atoms with Gasteiger partial charge in [0.15, 0.2) is 0 Å². The molecule has 0 aliphatic carbocycles. The summed E-state index contributed by atoms with van der Waals surface area (Å²) < 4.78 is 2.18. The van der Waals surface area contributed by atoms with E-state index < -0.39 is 4.92 Å². The number of hydrogen-bond donors (Lipinski definition) is 0. The predicted molar refractivity (Wildman–Crippen MR) is 119 cm³/mol. The molecule has 0 saturated heterocycles. The van der Waals surface area contributed by atoms with Gasteiger partial charge in [0.1, 0.15) is 5.02 Å². The number of nitro benzene ring substituents is 1. The van der Waals surface area contributed by atoms with Crippen molar-refractivity contribution in [1.29, 1.82) is 0 Å². The molecule has 1 heterocycles. The average Bonchev–Trinajstić information content (AvgIpc) is 2.93. The van der Waals surface area contributed by atoms with Crippen LogP contribution >= 0.6 is 11.6 Å². The van der Waals surface area contributed by atoms with Gasteiger partial charge in [-0.15, -0.1) is 0 Å². The molecule has 0 bridgehead atoms. The summed E-state index contributed by atoms with van der Waals surface area (Å²) in [6, 6.07) is 15.2. The first-order valence-electron chi connectivity index (χ1n) is 9.36. The minimum atomic E-state index is -0.505. The Balaban J connectivity index is 1.93. The molecule has 0 aliphatic heterocycles. The first-order valence-corrected chi connectivity index (χ1v) is 9.73. The Kier molecular flexibility index (Phi) is 5.62. The van der Waals surface area contributed by atoms with E-state index in [-0.39, 0.29) is 16.1 Å². The normalized spacial score (nSPS) is 11.9. The molecule has 5 nitrogen and oxygen atoms in total. The number of nitrogens with zero attached hydrogens (tertiary/aromatic N) is 3. The summed E-state index contributed by atoms with van der Waals surface area (Å²) >= 11 is 5.87. The molecule has 150 valence electrons. The second kappa shape index (κ2) is 7.84. The molecule has 0 aliphatic rings. The summed E-state index contributed by atoms with van der Waals surface area (Å²) in [5.41, 5.74) is 5.93. The molecule has 0 N–H and O–H groups in total. The molecule has 0 atom stereocenters. The fourth-order valence-corrected chi connectivity index (χ4v) is 3.48. The topological polar surface area (TPSA) is 60.4 Å². The molecule has 1 aromatic heterocycles. The van der Waals surface area contributed by atoms with Gasteiger partial charge in [0, 0.05) is 34.9 Å². The van der Waals surface area contributed by atoms with Gasteiger partial charge in [-0.25, -0.2) is 0 Å². The minimum Gasteiger partial charge on any atom is -0.318 e. The van der Waals surface area contributed by atoms with Crippen molar-refractivity contribution in [2.24, 2.45) is 4.99 Å². The van der Waals surface area contributed by atoms with Crippen molar-refractivity contribution in [1.82, 2.24) is 4.57 Å². The van der Waals surface area contributed by atoms with E-state index in [0.29, 0.717) is 5.69 Å². The molecule has 0 unspecified atom stereocenters. The fourth-order valence-electron chi connectivity index (χ4n) is 3.29. The number of hydrogen-bond acceptors (Lipinski definition) is 3. The third kappa shape index (κ3) is 4.40. The summed E-state index contributed by atoms with van der Waals surface area (Å²) in [6.45, 7) is 10.7. The third-order valence-electron chi connectivity index (χ3n) is 4.94. The Morgan fingerprint density at radius 2 is 1.72 bits per heavy atom. The lowest BCUT2D eigenvalue weighted by molar-refractivity contribution is -0.384. The molecule has 3 aromatic rings. The molecule has 2 aromatic carbocycles. The molecule has 0 amide bonds. The van der Waals surface area contributed by atoms with Gasteiger partial charge in [-0.05, 0) is 55.2 Å². The second-order valence-electron chi connectivity index (χ2n) is 8.11. The Hall–Kier alpha value is -2.92. The number of benzene rings is 2. The number of halogens is 1. The van der Waals surface area contributed by atoms with Crippen molar-refractivity contribution in [2.75, 3.05) is 0 Å². The molecule has 29 heavy (non-hydrogen) atoms. The predicted octanol–water partition coefficient (Wildman–Crippen LogP) is 6.70. The second-order valence-corrected chi connectivity index (χ2v) is 8.52. The van der Waals surface area contributed by atoms with Gasteiger partial charge < -0.3 is 4.57 Å². The van der Waals surface area contributed by atoms with Gasteiger partial charge in [-0.2, -0.15) is 0 Å². The number of aromatic nitrogens is 1. The van der Waals surface area contributed by atoms with Gasteiger partial charge in [0.2, 0.25) is 0 Å². The van der Waals surface area contributed by atoms with Crippen molar-refractivity contribution < 1.29 is 4.92 Å². The van der Waals surface area contributed by atoms with Crippen molar-refractivity contribution in [3.63, 3.8) is 0 Å². The molecular weight excluding hydrogens is 386 g/mol. The highest BCUT2D eigenvalue weighted by atomic mass is 35.5. The number of aryl methyl sites for hydroxylation is 1. The SMILES string of the molecule is Cc1cc(C=Nc2ccc(Cl)c([N+](=O)[O-])c2)c(C)n1-c1ccc(C(C)(C)C)cc1. The van der Waals surface area contributed by atoms with Crippen LogP contribution in [-0.2, 0) is 5.41 Å². The zero-order chi connectivity index (χ0) is 21.3. The van der Waals surface area contributed by atoms with Crippen LogP contribution in [0.4, 0.5) is 11.4 Å². The summed E-state index contributed by atoms with van der Waals surface area (Å²) in [6.07, 6.45) is 1.73. The quantitative estimate of drug-likeness (QED) is 0.273. The van der Waals surface area contributed by atoms with Crippen molar-refractivity contribution in [3.8, 4) is 5.69 Å². The van der Waals surface area contributed by atoms with E-state index in [1.807, 2.05) is 6.92 Å². The number of rotatable bonds is 4. The lowest BCUT2D eigenvalue weighted by atomic mass is 9.87. The minimum absolute atomic E-state index is 0.103. The molecule has 0 radical (unpaired) electrons. The summed E-state index contributed by atoms with van der Waals surface area (Å²) in [7, 11) is 0. The van der Waals surface area contributed by atoms with Crippen LogP contribution in [0.15, 0.2) is 53.5 Å². The number of nitro groups is 1. The van der Waals surface area contributed by atoms with E-state index in [4.69, 9.17) is 11.6 Å².